The van der Waals surface area contributed by atoms with Gasteiger partial charge in [0.05, 0.1) is 5.75 Å². The number of rotatable bonds is 10. The largest absolute Gasteiger partial charge is 0.456 e. The van der Waals surface area contributed by atoms with E-state index < -0.39 is 27.8 Å². The van der Waals surface area contributed by atoms with Crippen molar-refractivity contribution in [3.05, 3.63) is 84.4 Å². The number of benzene rings is 3. The van der Waals surface area contributed by atoms with Gasteiger partial charge in [-0.2, -0.15) is 8.42 Å². The van der Waals surface area contributed by atoms with Gasteiger partial charge in [0.25, 0.3) is 16.0 Å². The third-order valence-corrected chi connectivity index (χ3v) is 6.65. The van der Waals surface area contributed by atoms with Gasteiger partial charge in [-0.1, -0.05) is 32.0 Å². The van der Waals surface area contributed by atoms with Gasteiger partial charge >= 0.3 is 0 Å². The smallest absolute Gasteiger partial charge is 0.266 e. The van der Waals surface area contributed by atoms with Gasteiger partial charge in [0, 0.05) is 34.4 Å². The van der Waals surface area contributed by atoms with E-state index in [1.54, 1.807) is 24.3 Å². The monoisotopic (exact) mass is 535 g/mol. The Kier molecular flexibility index (Phi) is 8.13. The molecule has 198 valence electrons. The Hall–Kier alpha value is -4.15. The number of carbonyl (C=O) groups excluding carboxylic acids is 2. The molecule has 0 spiro atoms. The van der Waals surface area contributed by atoms with Crippen LogP contribution in [0.4, 0.5) is 11.4 Å². The summed E-state index contributed by atoms with van der Waals surface area (Å²) in [7, 11) is -4.15. The normalized spacial score (nSPS) is 12.3. The number of nitrogens with one attached hydrogen (secondary N) is 3. The number of fused-ring (bicyclic) bond motifs is 1. The average molecular weight is 536 g/mol. The molecule has 0 aliphatic carbocycles. The highest BCUT2D eigenvalue weighted by Crippen LogP contribution is 2.28. The molecule has 38 heavy (non-hydrogen) atoms. The third-order valence-electron chi connectivity index (χ3n) is 5.93. The molecule has 3 aromatic carbocycles. The Bertz CT molecular complexity index is 1490. The minimum Gasteiger partial charge on any atom is -0.456 e. The van der Waals surface area contributed by atoms with Gasteiger partial charge in [-0.15, -0.1) is 0 Å². The summed E-state index contributed by atoms with van der Waals surface area (Å²) in [5.74, 6) is -0.519. The van der Waals surface area contributed by atoms with Crippen molar-refractivity contribution in [3.63, 3.8) is 0 Å². The molecule has 4 rings (SSSR count). The predicted octanol–water partition coefficient (Wildman–Crippen LogP) is 4.79. The summed E-state index contributed by atoms with van der Waals surface area (Å²) in [5, 5.41) is 9.61. The summed E-state index contributed by atoms with van der Waals surface area (Å²) in [6.45, 7) is 3.66. The molecular weight excluding hydrogens is 506 g/mol. The molecule has 0 saturated heterocycles. The van der Waals surface area contributed by atoms with Gasteiger partial charge in [-0.3, -0.25) is 14.1 Å². The lowest BCUT2D eigenvalue weighted by Gasteiger charge is -2.23. The molecule has 10 heteroatoms. The van der Waals surface area contributed by atoms with Crippen LogP contribution in [-0.2, 0) is 14.9 Å². The molecule has 0 fully saturated rings. The van der Waals surface area contributed by atoms with Crippen molar-refractivity contribution in [1.29, 1.82) is 0 Å². The molecule has 4 N–H and O–H groups in total. The topological polar surface area (TPSA) is 138 Å². The average Bonchev–Trinajstić information content (AvgIpc) is 3.31. The maximum absolute atomic E-state index is 13.1. The van der Waals surface area contributed by atoms with Crippen LogP contribution in [0.5, 0.6) is 0 Å². The predicted molar refractivity (Wildman–Crippen MR) is 148 cm³/mol. The highest BCUT2D eigenvalue weighted by atomic mass is 32.2. The van der Waals surface area contributed by atoms with Crippen LogP contribution in [0.2, 0.25) is 0 Å². The maximum Gasteiger partial charge on any atom is 0.266 e. The van der Waals surface area contributed by atoms with Crippen LogP contribution < -0.4 is 16.0 Å². The standard InChI is InChI=1S/C28H29N3O6S/c1-18(2)26(30-22-13-9-20(10-14-22)27(32)29-15-16-38(34,35)36)28(33)31-23-11-7-19(8-12-23)25-17-21-5-3-4-6-24(21)37-25/h3-14,17-18,26,30H,15-16H2,1-2H3,(H,29,32)(H,31,33)(H,34,35,36). The maximum atomic E-state index is 13.1. The quantitative estimate of drug-likeness (QED) is 0.214. The molecule has 0 radical (unpaired) electrons. The second-order valence-corrected chi connectivity index (χ2v) is 10.8. The van der Waals surface area contributed by atoms with E-state index in [1.807, 2.05) is 68.4 Å². The highest BCUT2D eigenvalue weighted by Gasteiger charge is 2.22. The Labute approximate surface area is 221 Å². The van der Waals surface area contributed by atoms with E-state index >= 15 is 0 Å². The Morgan fingerprint density at radius 1 is 0.921 bits per heavy atom. The van der Waals surface area contributed by atoms with Crippen LogP contribution in [0, 0.1) is 5.92 Å². The molecule has 9 nitrogen and oxygen atoms in total. The fourth-order valence-corrected chi connectivity index (χ4v) is 4.25. The summed E-state index contributed by atoms with van der Waals surface area (Å²) < 4.78 is 36.2. The van der Waals surface area contributed by atoms with Crippen molar-refractivity contribution in [2.45, 2.75) is 19.9 Å². The molecule has 0 bridgehead atoms. The van der Waals surface area contributed by atoms with Gasteiger partial charge in [0.15, 0.2) is 0 Å². The summed E-state index contributed by atoms with van der Waals surface area (Å²) in [4.78, 5) is 25.2. The van der Waals surface area contributed by atoms with E-state index in [0.29, 0.717) is 16.9 Å². The molecular formula is C28H29N3O6S. The first-order valence-corrected chi connectivity index (χ1v) is 13.7. The SMILES string of the molecule is CC(C)C(Nc1ccc(C(=O)NCCS(=O)(=O)O)cc1)C(=O)Nc1ccc(-c2cc3ccccc3o2)cc1. The van der Waals surface area contributed by atoms with Crippen LogP contribution in [0.25, 0.3) is 22.3 Å². The van der Waals surface area contributed by atoms with Crippen LogP contribution in [0.3, 0.4) is 0 Å². The second-order valence-electron chi connectivity index (χ2n) is 9.20. The molecule has 2 amide bonds. The summed E-state index contributed by atoms with van der Waals surface area (Å²) in [6.07, 6.45) is 0. The Morgan fingerprint density at radius 3 is 2.21 bits per heavy atom. The lowest BCUT2D eigenvalue weighted by molar-refractivity contribution is -0.117. The highest BCUT2D eigenvalue weighted by molar-refractivity contribution is 7.85. The molecule has 1 heterocycles. The van der Waals surface area contributed by atoms with E-state index in [1.165, 1.54) is 0 Å². The van der Waals surface area contributed by atoms with E-state index in [0.717, 1.165) is 22.3 Å². The number of anilines is 2. The van der Waals surface area contributed by atoms with E-state index in [2.05, 4.69) is 16.0 Å². The fourth-order valence-electron chi connectivity index (χ4n) is 3.89. The fraction of sp³-hybridized carbons (Fsp3) is 0.214. The molecule has 0 aliphatic rings. The second kappa shape index (κ2) is 11.5. The van der Waals surface area contributed by atoms with E-state index in [4.69, 9.17) is 8.97 Å². The van der Waals surface area contributed by atoms with Gasteiger partial charge in [-0.05, 0) is 66.6 Å². The number of furan rings is 1. The molecule has 0 saturated carbocycles. The first-order valence-electron chi connectivity index (χ1n) is 12.1. The molecule has 1 aromatic heterocycles. The summed E-state index contributed by atoms with van der Waals surface area (Å²) in [6, 6.07) is 23.2. The van der Waals surface area contributed by atoms with Gasteiger partial charge in [0.2, 0.25) is 5.91 Å². The van der Waals surface area contributed by atoms with Crippen molar-refractivity contribution in [1.82, 2.24) is 5.32 Å². The molecule has 0 aliphatic heterocycles. The zero-order chi connectivity index (χ0) is 27.3. The van der Waals surface area contributed by atoms with E-state index in [9.17, 15) is 18.0 Å². The van der Waals surface area contributed by atoms with Crippen molar-refractivity contribution < 1.29 is 27.0 Å². The van der Waals surface area contributed by atoms with Crippen molar-refractivity contribution in [2.75, 3.05) is 22.9 Å². The van der Waals surface area contributed by atoms with E-state index in [-0.39, 0.29) is 18.4 Å². The number of hydrogen-bond acceptors (Lipinski definition) is 6. The lowest BCUT2D eigenvalue weighted by atomic mass is 10.0. The molecule has 1 unspecified atom stereocenters. The number of hydrogen-bond donors (Lipinski definition) is 4. The summed E-state index contributed by atoms with van der Waals surface area (Å²) in [5.41, 5.74) is 3.34. The van der Waals surface area contributed by atoms with Gasteiger partial charge < -0.3 is 20.4 Å². The van der Waals surface area contributed by atoms with Crippen LogP contribution in [0.15, 0.2) is 83.3 Å². The van der Waals surface area contributed by atoms with Crippen LogP contribution in [0.1, 0.15) is 24.2 Å². The minimum absolute atomic E-state index is 0.0340. The van der Waals surface area contributed by atoms with Crippen LogP contribution in [-0.4, -0.2) is 43.1 Å². The minimum atomic E-state index is -4.15. The first kappa shape index (κ1) is 26.9. The number of carbonyl (C=O) groups is 2. The number of amides is 2. The zero-order valence-corrected chi connectivity index (χ0v) is 21.8. The third kappa shape index (κ3) is 6.99. The van der Waals surface area contributed by atoms with Gasteiger partial charge in [-0.25, -0.2) is 0 Å². The lowest BCUT2D eigenvalue weighted by Crippen LogP contribution is -2.38. The Balaban J connectivity index is 1.37. The number of para-hydroxylation sites is 1. The first-order chi connectivity index (χ1) is 18.1. The Morgan fingerprint density at radius 2 is 1.58 bits per heavy atom. The molecule has 1 atom stereocenters. The molecule has 4 aromatic rings. The van der Waals surface area contributed by atoms with Crippen LogP contribution >= 0.6 is 0 Å². The summed E-state index contributed by atoms with van der Waals surface area (Å²) >= 11 is 0. The van der Waals surface area contributed by atoms with Crippen molar-refractivity contribution >= 4 is 44.3 Å². The zero-order valence-electron chi connectivity index (χ0n) is 21.0. The van der Waals surface area contributed by atoms with Crippen molar-refractivity contribution in [2.24, 2.45) is 5.92 Å². The van der Waals surface area contributed by atoms with Crippen molar-refractivity contribution in [3.8, 4) is 11.3 Å². The van der Waals surface area contributed by atoms with Gasteiger partial charge in [0.1, 0.15) is 17.4 Å².